The van der Waals surface area contributed by atoms with Crippen LogP contribution in [0.2, 0.25) is 0 Å². The fourth-order valence-corrected chi connectivity index (χ4v) is 1.85. The van der Waals surface area contributed by atoms with Crippen molar-refractivity contribution >= 4 is 5.97 Å². The van der Waals surface area contributed by atoms with Gasteiger partial charge >= 0.3 is 12.3 Å². The quantitative estimate of drug-likeness (QED) is 0.788. The van der Waals surface area contributed by atoms with E-state index >= 15 is 0 Å². The van der Waals surface area contributed by atoms with Gasteiger partial charge in [-0.2, -0.15) is 0 Å². The first-order valence-electron chi connectivity index (χ1n) is 5.62. The summed E-state index contributed by atoms with van der Waals surface area (Å²) in [6.45, 7) is -1.48. The molecule has 0 spiro atoms. The van der Waals surface area contributed by atoms with Crippen LogP contribution >= 0.6 is 0 Å². The van der Waals surface area contributed by atoms with E-state index in [1.165, 1.54) is 18.2 Å². The molecule has 0 aliphatic rings. The van der Waals surface area contributed by atoms with Crippen LogP contribution in [0.15, 0.2) is 24.3 Å². The number of carbonyl (C=O) groups is 1. The topological polar surface area (TPSA) is 72.5 Å². The number of rotatable bonds is 6. The van der Waals surface area contributed by atoms with E-state index in [-0.39, 0.29) is 5.56 Å². The average molecular weight is 295 g/mol. The van der Waals surface area contributed by atoms with Gasteiger partial charge in [0.05, 0.1) is 6.61 Å². The molecule has 0 saturated heterocycles. The molecule has 0 heterocycles. The van der Waals surface area contributed by atoms with Crippen LogP contribution in [-0.4, -0.2) is 30.6 Å². The van der Waals surface area contributed by atoms with E-state index in [0.29, 0.717) is 0 Å². The van der Waals surface area contributed by atoms with Crippen LogP contribution in [0, 0.1) is 5.82 Å². The molecule has 0 fully saturated rings. The molecule has 3 N–H and O–H groups in total. The standard InChI is InChI=1S/C12H13F4NO3/c13-9-4-2-1-3-8(9)11(7-17,10(18)19)5-6-20-12(14,15)16/h1-4H,5-7,17H2,(H,18,19). The minimum Gasteiger partial charge on any atom is -0.481 e. The van der Waals surface area contributed by atoms with Crippen LogP contribution < -0.4 is 5.73 Å². The van der Waals surface area contributed by atoms with Gasteiger partial charge in [0.1, 0.15) is 11.2 Å². The van der Waals surface area contributed by atoms with E-state index in [0.717, 1.165) is 6.07 Å². The molecule has 0 saturated carbocycles. The predicted molar refractivity (Wildman–Crippen MR) is 61.4 cm³/mol. The van der Waals surface area contributed by atoms with Gasteiger partial charge in [-0.3, -0.25) is 9.53 Å². The summed E-state index contributed by atoms with van der Waals surface area (Å²) < 4.78 is 53.1. The minimum absolute atomic E-state index is 0.263. The Hall–Kier alpha value is -1.67. The monoisotopic (exact) mass is 295 g/mol. The van der Waals surface area contributed by atoms with E-state index in [1.54, 1.807) is 0 Å². The van der Waals surface area contributed by atoms with E-state index in [4.69, 9.17) is 5.73 Å². The summed E-state index contributed by atoms with van der Waals surface area (Å²) in [6.07, 6.45) is -5.48. The van der Waals surface area contributed by atoms with Crippen LogP contribution in [0.3, 0.4) is 0 Å². The first-order valence-corrected chi connectivity index (χ1v) is 5.62. The molecule has 0 radical (unpaired) electrons. The average Bonchev–Trinajstić information content (AvgIpc) is 2.34. The maximum atomic E-state index is 13.7. The Balaban J connectivity index is 3.05. The van der Waals surface area contributed by atoms with Crippen molar-refractivity contribution < 1.29 is 32.2 Å². The lowest BCUT2D eigenvalue weighted by atomic mass is 9.77. The molecule has 1 aromatic rings. The Kier molecular flexibility index (Phi) is 5.07. The Bertz CT molecular complexity index is 478. The summed E-state index contributed by atoms with van der Waals surface area (Å²) in [7, 11) is 0. The van der Waals surface area contributed by atoms with Crippen LogP contribution in [0.4, 0.5) is 17.6 Å². The van der Waals surface area contributed by atoms with Gasteiger partial charge in [0, 0.05) is 12.1 Å². The van der Waals surface area contributed by atoms with Crippen molar-refractivity contribution in [2.45, 2.75) is 18.2 Å². The summed E-state index contributed by atoms with van der Waals surface area (Å²) in [5, 5.41) is 9.25. The highest BCUT2D eigenvalue weighted by Gasteiger charge is 2.42. The third-order valence-electron chi connectivity index (χ3n) is 2.94. The molecule has 0 aliphatic heterocycles. The molecular weight excluding hydrogens is 282 g/mol. The highest BCUT2D eigenvalue weighted by atomic mass is 19.4. The molecular formula is C12H13F4NO3. The number of carboxylic acid groups (broad SMARTS) is 1. The number of halogens is 4. The summed E-state index contributed by atoms with van der Waals surface area (Å²) in [4.78, 5) is 11.4. The van der Waals surface area contributed by atoms with Crippen molar-refractivity contribution in [3.8, 4) is 0 Å². The van der Waals surface area contributed by atoms with Crippen LogP contribution in [0.5, 0.6) is 0 Å². The molecule has 1 atom stereocenters. The number of alkyl halides is 3. The van der Waals surface area contributed by atoms with Gasteiger partial charge in [-0.15, -0.1) is 13.2 Å². The number of hydrogen-bond donors (Lipinski definition) is 2. The summed E-state index contributed by atoms with van der Waals surface area (Å²) in [5.41, 5.74) is 3.15. The SMILES string of the molecule is NCC(CCOC(F)(F)F)(C(=O)O)c1ccccc1F. The highest BCUT2D eigenvalue weighted by Crippen LogP contribution is 2.31. The lowest BCUT2D eigenvalue weighted by molar-refractivity contribution is -0.325. The molecule has 1 rings (SSSR count). The van der Waals surface area contributed by atoms with Crippen molar-refractivity contribution in [2.24, 2.45) is 5.73 Å². The zero-order valence-corrected chi connectivity index (χ0v) is 10.3. The van der Waals surface area contributed by atoms with E-state index in [2.05, 4.69) is 4.74 Å². The largest absolute Gasteiger partial charge is 0.522 e. The van der Waals surface area contributed by atoms with E-state index in [9.17, 15) is 27.5 Å². The second kappa shape index (κ2) is 6.19. The normalized spacial score (nSPS) is 14.8. The molecule has 0 aromatic heterocycles. The van der Waals surface area contributed by atoms with Gasteiger partial charge in [-0.25, -0.2) is 4.39 Å². The summed E-state index contributed by atoms with van der Waals surface area (Å²) in [5.74, 6) is -2.34. The molecule has 4 nitrogen and oxygen atoms in total. The van der Waals surface area contributed by atoms with Gasteiger partial charge in [0.2, 0.25) is 0 Å². The molecule has 0 aliphatic carbocycles. The molecule has 8 heteroatoms. The summed E-state index contributed by atoms with van der Waals surface area (Å²) in [6, 6.07) is 4.93. The predicted octanol–water partition coefficient (Wildman–Crippen LogP) is 2.03. The lowest BCUT2D eigenvalue weighted by Crippen LogP contribution is -2.45. The Morgan fingerprint density at radius 2 is 1.90 bits per heavy atom. The van der Waals surface area contributed by atoms with Gasteiger partial charge in [0.25, 0.3) is 0 Å². The number of aliphatic carboxylic acids is 1. The van der Waals surface area contributed by atoms with E-state index < -0.39 is 43.1 Å². The molecule has 112 valence electrons. The Morgan fingerprint density at radius 1 is 1.30 bits per heavy atom. The van der Waals surface area contributed by atoms with Crippen LogP contribution in [0.1, 0.15) is 12.0 Å². The highest BCUT2D eigenvalue weighted by molar-refractivity contribution is 5.81. The second-order valence-electron chi connectivity index (χ2n) is 4.12. The van der Waals surface area contributed by atoms with Gasteiger partial charge in [-0.05, 0) is 12.5 Å². The lowest BCUT2D eigenvalue weighted by Gasteiger charge is -2.28. The first-order chi connectivity index (χ1) is 9.23. The second-order valence-corrected chi connectivity index (χ2v) is 4.12. The van der Waals surface area contributed by atoms with E-state index in [1.807, 2.05) is 0 Å². The smallest absolute Gasteiger partial charge is 0.481 e. The molecule has 1 aromatic carbocycles. The molecule has 20 heavy (non-hydrogen) atoms. The number of carboxylic acids is 1. The van der Waals surface area contributed by atoms with Crippen molar-refractivity contribution in [2.75, 3.05) is 13.2 Å². The summed E-state index contributed by atoms with van der Waals surface area (Å²) >= 11 is 0. The van der Waals surface area contributed by atoms with Crippen molar-refractivity contribution in [1.82, 2.24) is 0 Å². The molecule has 0 amide bonds. The number of benzene rings is 1. The minimum atomic E-state index is -4.88. The number of hydrogen-bond acceptors (Lipinski definition) is 3. The molecule has 0 bridgehead atoms. The van der Waals surface area contributed by atoms with Crippen LogP contribution in [0.25, 0.3) is 0 Å². The number of ether oxygens (including phenoxy) is 1. The van der Waals surface area contributed by atoms with Crippen molar-refractivity contribution in [1.29, 1.82) is 0 Å². The van der Waals surface area contributed by atoms with Crippen LogP contribution in [-0.2, 0) is 14.9 Å². The molecule has 1 unspecified atom stereocenters. The third-order valence-corrected chi connectivity index (χ3v) is 2.94. The van der Waals surface area contributed by atoms with Gasteiger partial charge in [-0.1, -0.05) is 18.2 Å². The van der Waals surface area contributed by atoms with Gasteiger partial charge < -0.3 is 10.8 Å². The fraction of sp³-hybridized carbons (Fsp3) is 0.417. The number of nitrogens with two attached hydrogens (primary N) is 1. The zero-order chi connectivity index (χ0) is 15.4. The van der Waals surface area contributed by atoms with Gasteiger partial charge in [0.15, 0.2) is 0 Å². The van der Waals surface area contributed by atoms with Crippen molar-refractivity contribution in [3.63, 3.8) is 0 Å². The third kappa shape index (κ3) is 3.67. The maximum absolute atomic E-state index is 13.7. The first kappa shape index (κ1) is 16.4. The Labute approximate surface area is 112 Å². The fourth-order valence-electron chi connectivity index (χ4n) is 1.85. The Morgan fingerprint density at radius 3 is 2.35 bits per heavy atom. The maximum Gasteiger partial charge on any atom is 0.522 e. The van der Waals surface area contributed by atoms with Crippen molar-refractivity contribution in [3.05, 3.63) is 35.6 Å². The zero-order valence-electron chi connectivity index (χ0n) is 10.3.